The minimum Gasteiger partial charge on any atom is -0.310 e. The van der Waals surface area contributed by atoms with Crippen molar-refractivity contribution >= 4 is 78.6 Å². The first-order chi connectivity index (χ1) is 31.7. The van der Waals surface area contributed by atoms with E-state index in [1.54, 1.807) is 0 Å². The molecule has 0 saturated heterocycles. The Balaban J connectivity index is 0.875. The third kappa shape index (κ3) is 7.93. The van der Waals surface area contributed by atoms with Crippen molar-refractivity contribution < 1.29 is 0 Å². The van der Waals surface area contributed by atoms with Crippen molar-refractivity contribution in [3.05, 3.63) is 266 Å². The molecule has 0 unspecified atom stereocenters. The second-order valence-electron chi connectivity index (χ2n) is 16.3. The Kier molecular flexibility index (Phi) is 10.3. The lowest BCUT2D eigenvalue weighted by Gasteiger charge is -2.26. The molecule has 0 spiro atoms. The zero-order chi connectivity index (χ0) is 42.7. The first kappa shape index (κ1) is 38.5. The highest BCUT2D eigenvalue weighted by atomic mass is 15.1. The van der Waals surface area contributed by atoms with Crippen molar-refractivity contribution in [2.45, 2.75) is 0 Å². The third-order valence-electron chi connectivity index (χ3n) is 12.2. The topological polar surface area (TPSA) is 6.48 Å². The Hall–Kier alpha value is -8.46. The van der Waals surface area contributed by atoms with Crippen LogP contribution in [0, 0.1) is 0 Å². The number of nitrogens with zero attached hydrogens (tertiary/aromatic N) is 2. The lowest BCUT2D eigenvalue weighted by Crippen LogP contribution is -2.09. The largest absolute Gasteiger partial charge is 0.310 e. The van der Waals surface area contributed by atoms with E-state index in [0.29, 0.717) is 0 Å². The van der Waals surface area contributed by atoms with Gasteiger partial charge in [-0.25, -0.2) is 0 Å². The monoisotopic (exact) mass is 816 g/mol. The van der Waals surface area contributed by atoms with Crippen molar-refractivity contribution in [1.29, 1.82) is 0 Å². The summed E-state index contributed by atoms with van der Waals surface area (Å²) in [5.41, 5.74) is 13.8. The predicted octanol–water partition coefficient (Wildman–Crippen LogP) is 17.6. The molecule has 0 heterocycles. The fraction of sp³-hybridized carbons (Fsp3) is 0. The summed E-state index contributed by atoms with van der Waals surface area (Å²) in [6, 6.07) is 91.8. The Labute approximate surface area is 374 Å². The molecule has 11 rings (SSSR count). The summed E-state index contributed by atoms with van der Waals surface area (Å²) in [7, 11) is 0. The highest BCUT2D eigenvalue weighted by Gasteiger charge is 2.16. The highest BCUT2D eigenvalue weighted by Crippen LogP contribution is 2.40. The van der Waals surface area contributed by atoms with E-state index in [1.807, 2.05) is 0 Å². The van der Waals surface area contributed by atoms with Crippen LogP contribution < -0.4 is 9.80 Å². The van der Waals surface area contributed by atoms with Crippen molar-refractivity contribution in [2.75, 3.05) is 9.80 Å². The molecule has 302 valence electrons. The lowest BCUT2D eigenvalue weighted by atomic mass is 10.0. The third-order valence-corrected chi connectivity index (χ3v) is 12.2. The SMILES string of the molecule is C(=C\c1ccc2cc(N(c3ccc(-c4ccccc4)cc3)c3ccc4ccccc4c3)ccc2c1)/c1ccc(N(c2ccc(-c3ccccc3)cc2)c2ccc3ccccc3c2)cc1. The maximum absolute atomic E-state index is 2.36. The zero-order valence-electron chi connectivity index (χ0n) is 35.3. The second-order valence-corrected chi connectivity index (χ2v) is 16.3. The maximum atomic E-state index is 2.36. The van der Waals surface area contributed by atoms with Crippen molar-refractivity contribution in [1.82, 2.24) is 0 Å². The molecule has 11 aromatic rings. The lowest BCUT2D eigenvalue weighted by molar-refractivity contribution is 1.29. The van der Waals surface area contributed by atoms with Crippen molar-refractivity contribution in [3.8, 4) is 22.3 Å². The Morgan fingerprint density at radius 2 is 0.500 bits per heavy atom. The number of hydrogen-bond donors (Lipinski definition) is 0. The first-order valence-corrected chi connectivity index (χ1v) is 21.9. The maximum Gasteiger partial charge on any atom is 0.0468 e. The molecule has 0 aliphatic carbocycles. The standard InChI is InChI=1S/C62H44N2/c1-3-11-47(12-4-1)51-25-34-58(35-26-51)63(60-38-29-49-15-7-9-17-53(49)42-60)57-32-22-45(23-33-57)19-20-46-21-24-56-44-62(40-31-55(56)41-46)64(61-39-30-50-16-8-10-18-54(50)43-61)59-36-27-52(28-37-59)48-13-5-2-6-14-48/h1-44H/b20-19+. The average molecular weight is 817 g/mol. The van der Waals surface area contributed by atoms with Gasteiger partial charge in [0.15, 0.2) is 0 Å². The van der Waals surface area contributed by atoms with E-state index < -0.39 is 0 Å². The summed E-state index contributed by atoms with van der Waals surface area (Å²) in [6.07, 6.45) is 4.41. The summed E-state index contributed by atoms with van der Waals surface area (Å²) in [4.78, 5) is 4.70. The quantitative estimate of drug-likeness (QED) is 0.127. The smallest absolute Gasteiger partial charge is 0.0468 e. The minimum absolute atomic E-state index is 1.10. The van der Waals surface area contributed by atoms with Crippen LogP contribution in [-0.4, -0.2) is 0 Å². The zero-order valence-corrected chi connectivity index (χ0v) is 35.3. The van der Waals surface area contributed by atoms with Crippen molar-refractivity contribution in [3.63, 3.8) is 0 Å². The molecule has 0 aliphatic rings. The van der Waals surface area contributed by atoms with Gasteiger partial charge in [0.25, 0.3) is 0 Å². The summed E-state index contributed by atoms with van der Waals surface area (Å²) < 4.78 is 0. The van der Waals surface area contributed by atoms with Crippen LogP contribution in [0.3, 0.4) is 0 Å². The molecule has 64 heavy (non-hydrogen) atoms. The van der Waals surface area contributed by atoms with Gasteiger partial charge >= 0.3 is 0 Å². The summed E-state index contributed by atoms with van der Waals surface area (Å²) in [6.45, 7) is 0. The minimum atomic E-state index is 1.10. The molecular formula is C62H44N2. The van der Waals surface area contributed by atoms with Gasteiger partial charge in [0.2, 0.25) is 0 Å². The number of anilines is 6. The fourth-order valence-electron chi connectivity index (χ4n) is 8.81. The molecule has 0 aliphatic heterocycles. The van der Waals surface area contributed by atoms with Gasteiger partial charge in [0.05, 0.1) is 0 Å². The predicted molar refractivity (Wildman–Crippen MR) is 275 cm³/mol. The highest BCUT2D eigenvalue weighted by molar-refractivity contribution is 5.94. The van der Waals surface area contributed by atoms with E-state index in [0.717, 1.165) is 45.3 Å². The fourth-order valence-corrected chi connectivity index (χ4v) is 8.81. The van der Waals surface area contributed by atoms with E-state index >= 15 is 0 Å². The van der Waals surface area contributed by atoms with Gasteiger partial charge < -0.3 is 9.80 Å². The summed E-state index contributed by atoms with van der Waals surface area (Å²) in [5, 5.41) is 7.28. The molecule has 11 aromatic carbocycles. The van der Waals surface area contributed by atoms with Crippen LogP contribution >= 0.6 is 0 Å². The molecular weight excluding hydrogens is 773 g/mol. The normalized spacial score (nSPS) is 11.4. The molecule has 2 heteroatoms. The second kappa shape index (κ2) is 17.1. The Morgan fingerprint density at radius 1 is 0.203 bits per heavy atom. The summed E-state index contributed by atoms with van der Waals surface area (Å²) in [5.74, 6) is 0. The molecule has 2 nitrogen and oxygen atoms in total. The van der Waals surface area contributed by atoms with Crippen LogP contribution in [0.15, 0.2) is 255 Å². The van der Waals surface area contributed by atoms with Gasteiger partial charge in [0.1, 0.15) is 0 Å². The van der Waals surface area contributed by atoms with Crippen LogP contribution in [0.25, 0.3) is 66.7 Å². The van der Waals surface area contributed by atoms with E-state index in [4.69, 9.17) is 0 Å². The van der Waals surface area contributed by atoms with Gasteiger partial charge in [0, 0.05) is 34.1 Å². The number of benzene rings is 11. The van der Waals surface area contributed by atoms with Crippen LogP contribution in [0.2, 0.25) is 0 Å². The number of hydrogen-bond acceptors (Lipinski definition) is 2. The van der Waals surface area contributed by atoms with Crippen LogP contribution in [0.4, 0.5) is 34.1 Å². The molecule has 0 radical (unpaired) electrons. The van der Waals surface area contributed by atoms with E-state index in [2.05, 4.69) is 277 Å². The van der Waals surface area contributed by atoms with Crippen LogP contribution in [0.1, 0.15) is 11.1 Å². The van der Waals surface area contributed by atoms with Gasteiger partial charge in [-0.3, -0.25) is 0 Å². The average Bonchev–Trinajstić information content (AvgIpc) is 3.37. The van der Waals surface area contributed by atoms with E-state index in [9.17, 15) is 0 Å². The van der Waals surface area contributed by atoms with Crippen LogP contribution in [0.5, 0.6) is 0 Å². The number of rotatable bonds is 10. The molecule has 0 atom stereocenters. The van der Waals surface area contributed by atoms with E-state index in [1.165, 1.54) is 54.6 Å². The van der Waals surface area contributed by atoms with Crippen LogP contribution in [-0.2, 0) is 0 Å². The molecule has 0 bridgehead atoms. The van der Waals surface area contributed by atoms with E-state index in [-0.39, 0.29) is 0 Å². The summed E-state index contributed by atoms with van der Waals surface area (Å²) >= 11 is 0. The van der Waals surface area contributed by atoms with Gasteiger partial charge in [-0.2, -0.15) is 0 Å². The Morgan fingerprint density at radius 3 is 0.984 bits per heavy atom. The van der Waals surface area contributed by atoms with Gasteiger partial charge in [-0.05, 0) is 145 Å². The molecule has 0 amide bonds. The molecule has 0 aromatic heterocycles. The molecule has 0 saturated carbocycles. The Bertz CT molecular complexity index is 3410. The van der Waals surface area contributed by atoms with Crippen molar-refractivity contribution in [2.24, 2.45) is 0 Å². The number of fused-ring (bicyclic) bond motifs is 3. The molecule has 0 fully saturated rings. The van der Waals surface area contributed by atoms with Gasteiger partial charge in [-0.15, -0.1) is 0 Å². The first-order valence-electron chi connectivity index (χ1n) is 21.9. The molecule has 0 N–H and O–H groups in total. The van der Waals surface area contributed by atoms with Gasteiger partial charge in [-0.1, -0.05) is 188 Å².